The number of nitrogens with zero attached hydrogens (tertiary/aromatic N) is 2. The summed E-state index contributed by atoms with van der Waals surface area (Å²) in [5.41, 5.74) is 1.65. The molecule has 0 radical (unpaired) electrons. The van der Waals surface area contributed by atoms with Crippen LogP contribution in [-0.4, -0.2) is 18.0 Å². The zero-order chi connectivity index (χ0) is 13.9. The second-order valence-electron chi connectivity index (χ2n) is 6.50. The lowest BCUT2D eigenvalue weighted by atomic mass is 9.81. The van der Waals surface area contributed by atoms with Gasteiger partial charge in [-0.05, 0) is 55.1 Å². The topological polar surface area (TPSA) is 46.4 Å². The number of hydrogen-bond donors (Lipinski definition) is 0. The summed E-state index contributed by atoms with van der Waals surface area (Å²) in [7, 11) is 0. The number of rotatable bonds is 2. The van der Waals surface area contributed by atoms with Gasteiger partial charge >= 0.3 is 0 Å². The van der Waals surface area contributed by atoms with Crippen molar-refractivity contribution in [2.24, 2.45) is 17.3 Å². The van der Waals surface area contributed by atoms with Crippen LogP contribution in [0.5, 0.6) is 0 Å². The maximum absolute atomic E-state index is 11.3. The van der Waals surface area contributed by atoms with Gasteiger partial charge in [0, 0.05) is 23.6 Å². The first-order valence-electron chi connectivity index (χ1n) is 7.29. The maximum atomic E-state index is 11.3. The fourth-order valence-electron chi connectivity index (χ4n) is 4.53. The summed E-state index contributed by atoms with van der Waals surface area (Å²) < 4.78 is 0.914. The molecule has 1 heterocycles. The third-order valence-electron chi connectivity index (χ3n) is 5.67. The number of nitro groups is 1. The Morgan fingerprint density at radius 3 is 2.45 bits per heavy atom. The van der Waals surface area contributed by atoms with Gasteiger partial charge in [0.1, 0.15) is 5.69 Å². The van der Waals surface area contributed by atoms with Crippen LogP contribution in [0.2, 0.25) is 0 Å². The third-order valence-corrected chi connectivity index (χ3v) is 6.17. The van der Waals surface area contributed by atoms with Crippen molar-refractivity contribution in [3.63, 3.8) is 0 Å². The van der Waals surface area contributed by atoms with Crippen LogP contribution in [0.3, 0.4) is 0 Å². The normalized spacial score (nSPS) is 29.8. The van der Waals surface area contributed by atoms with Crippen molar-refractivity contribution in [1.82, 2.24) is 0 Å². The Labute approximate surface area is 126 Å². The molecule has 2 aliphatic carbocycles. The first-order chi connectivity index (χ1) is 9.60. The van der Waals surface area contributed by atoms with E-state index in [1.54, 1.807) is 12.1 Å². The second-order valence-corrected chi connectivity index (χ2v) is 7.42. The molecule has 0 N–H and O–H groups in total. The molecule has 2 saturated carbocycles. The lowest BCUT2D eigenvalue weighted by Gasteiger charge is -2.39. The molecule has 4 nitrogen and oxygen atoms in total. The Morgan fingerprint density at radius 2 is 1.90 bits per heavy atom. The van der Waals surface area contributed by atoms with Gasteiger partial charge in [-0.25, -0.2) is 0 Å². The number of anilines is 1. The SMILES string of the molecule is O=[N+]([O-])c1ccc(Br)cc1N1C[C@H]2CC[C@@H](C1)C21CC1. The van der Waals surface area contributed by atoms with Crippen molar-refractivity contribution in [2.75, 3.05) is 18.0 Å². The molecule has 1 aromatic rings. The minimum atomic E-state index is -0.259. The standard InChI is InChI=1S/C15H17BrN2O2/c16-12-3-4-13(18(19)20)14(7-12)17-8-10-1-2-11(9-17)15(10)5-6-15/h3-4,7,10-11H,1-2,5-6,8-9H2/t10-,11+. The first-order valence-corrected chi connectivity index (χ1v) is 8.08. The summed E-state index contributed by atoms with van der Waals surface area (Å²) in [6.45, 7) is 1.99. The van der Waals surface area contributed by atoms with E-state index in [-0.39, 0.29) is 10.6 Å². The van der Waals surface area contributed by atoms with Gasteiger partial charge in [-0.3, -0.25) is 10.1 Å². The number of hydrogen-bond acceptors (Lipinski definition) is 3. The average molecular weight is 337 g/mol. The van der Waals surface area contributed by atoms with Gasteiger partial charge in [-0.1, -0.05) is 15.9 Å². The molecule has 0 aromatic heterocycles. The summed E-state index contributed by atoms with van der Waals surface area (Å²) in [4.78, 5) is 13.3. The van der Waals surface area contributed by atoms with E-state index >= 15 is 0 Å². The number of piperidine rings is 1. The molecule has 1 aromatic carbocycles. The van der Waals surface area contributed by atoms with Crippen LogP contribution in [0.1, 0.15) is 25.7 Å². The first kappa shape index (κ1) is 12.6. The molecule has 20 heavy (non-hydrogen) atoms. The Morgan fingerprint density at radius 1 is 1.25 bits per heavy atom. The van der Waals surface area contributed by atoms with Crippen molar-refractivity contribution in [3.8, 4) is 0 Å². The minimum absolute atomic E-state index is 0.236. The monoisotopic (exact) mass is 336 g/mol. The van der Waals surface area contributed by atoms with Gasteiger partial charge in [0.15, 0.2) is 0 Å². The van der Waals surface area contributed by atoms with Crippen molar-refractivity contribution in [1.29, 1.82) is 0 Å². The van der Waals surface area contributed by atoms with Crippen molar-refractivity contribution in [3.05, 3.63) is 32.8 Å². The Hall–Kier alpha value is -1.10. The molecule has 2 atom stereocenters. The lowest BCUT2D eigenvalue weighted by Crippen LogP contribution is -2.43. The quantitative estimate of drug-likeness (QED) is 0.606. The van der Waals surface area contributed by atoms with Gasteiger partial charge in [-0.15, -0.1) is 0 Å². The predicted octanol–water partition coefficient (Wildman–Crippen LogP) is 3.98. The van der Waals surface area contributed by atoms with E-state index in [4.69, 9.17) is 0 Å². The van der Waals surface area contributed by atoms with E-state index in [2.05, 4.69) is 20.8 Å². The van der Waals surface area contributed by atoms with Crippen LogP contribution in [0, 0.1) is 27.4 Å². The molecule has 0 unspecified atom stereocenters. The van der Waals surface area contributed by atoms with E-state index in [0.717, 1.165) is 35.1 Å². The molecule has 5 heteroatoms. The molecule has 1 aliphatic heterocycles. The predicted molar refractivity (Wildman–Crippen MR) is 80.9 cm³/mol. The summed E-state index contributed by atoms with van der Waals surface area (Å²) in [5, 5.41) is 11.3. The molecule has 4 rings (SSSR count). The van der Waals surface area contributed by atoms with Gasteiger partial charge < -0.3 is 4.90 Å². The van der Waals surface area contributed by atoms with Gasteiger partial charge in [0.25, 0.3) is 5.69 Å². The highest BCUT2D eigenvalue weighted by Crippen LogP contribution is 2.66. The maximum Gasteiger partial charge on any atom is 0.292 e. The van der Waals surface area contributed by atoms with Crippen LogP contribution in [0.15, 0.2) is 22.7 Å². The molecule has 3 fully saturated rings. The van der Waals surface area contributed by atoms with Crippen LogP contribution in [0.4, 0.5) is 11.4 Å². The second kappa shape index (κ2) is 4.20. The van der Waals surface area contributed by atoms with E-state index in [1.165, 1.54) is 25.7 Å². The molecular formula is C15H17BrN2O2. The molecule has 1 saturated heterocycles. The molecule has 106 valence electrons. The highest BCUT2D eigenvalue weighted by molar-refractivity contribution is 9.10. The highest BCUT2D eigenvalue weighted by Gasteiger charge is 2.60. The van der Waals surface area contributed by atoms with Crippen LogP contribution in [-0.2, 0) is 0 Å². The van der Waals surface area contributed by atoms with E-state index in [0.29, 0.717) is 5.41 Å². The summed E-state index contributed by atoms with van der Waals surface area (Å²) in [5.74, 6) is 1.50. The van der Waals surface area contributed by atoms with E-state index < -0.39 is 0 Å². The molecule has 1 spiro atoms. The molecule has 0 amide bonds. The van der Waals surface area contributed by atoms with E-state index in [9.17, 15) is 10.1 Å². The lowest BCUT2D eigenvalue weighted by molar-refractivity contribution is -0.384. The Kier molecular flexibility index (Phi) is 2.65. The number of nitro benzene ring substituents is 1. The highest BCUT2D eigenvalue weighted by atomic mass is 79.9. The Bertz CT molecular complexity index is 569. The summed E-state index contributed by atoms with van der Waals surface area (Å²) in [6.07, 6.45) is 5.39. The van der Waals surface area contributed by atoms with E-state index in [1.807, 2.05) is 6.07 Å². The Balaban J connectivity index is 1.69. The smallest absolute Gasteiger partial charge is 0.292 e. The van der Waals surface area contributed by atoms with Gasteiger partial charge in [0.2, 0.25) is 0 Å². The van der Waals surface area contributed by atoms with Crippen LogP contribution in [0.25, 0.3) is 0 Å². The van der Waals surface area contributed by atoms with Crippen LogP contribution >= 0.6 is 15.9 Å². The molecule has 2 bridgehead atoms. The van der Waals surface area contributed by atoms with Gasteiger partial charge in [0.05, 0.1) is 4.92 Å². The average Bonchev–Trinajstić information content (AvgIpc) is 3.14. The molecule has 3 aliphatic rings. The third kappa shape index (κ3) is 1.72. The number of halogens is 1. The van der Waals surface area contributed by atoms with Gasteiger partial charge in [-0.2, -0.15) is 0 Å². The van der Waals surface area contributed by atoms with Crippen molar-refractivity contribution >= 4 is 27.3 Å². The fourth-order valence-corrected chi connectivity index (χ4v) is 4.87. The van der Waals surface area contributed by atoms with Crippen molar-refractivity contribution < 1.29 is 4.92 Å². The van der Waals surface area contributed by atoms with Crippen molar-refractivity contribution in [2.45, 2.75) is 25.7 Å². The largest absolute Gasteiger partial charge is 0.365 e. The zero-order valence-corrected chi connectivity index (χ0v) is 12.8. The summed E-state index contributed by atoms with van der Waals surface area (Å²) in [6, 6.07) is 5.27. The fraction of sp³-hybridized carbons (Fsp3) is 0.600. The zero-order valence-electron chi connectivity index (χ0n) is 11.2. The minimum Gasteiger partial charge on any atom is -0.365 e. The summed E-state index contributed by atoms with van der Waals surface area (Å²) >= 11 is 3.44. The molecular weight excluding hydrogens is 320 g/mol. The number of benzene rings is 1. The van der Waals surface area contributed by atoms with Crippen LogP contribution < -0.4 is 4.90 Å².